The number of rotatable bonds is 4. The molecule has 0 aliphatic rings. The topological polar surface area (TPSA) is 65.2 Å². The van der Waals surface area contributed by atoms with E-state index in [-0.39, 0.29) is 12.2 Å². The molecule has 0 aromatic carbocycles. The maximum Gasteiger partial charge on any atom is 0.233 e. The molecule has 5 nitrogen and oxygen atoms in total. The average molecular weight is 218 g/mol. The highest BCUT2D eigenvalue weighted by Gasteiger charge is 2.09. The van der Waals surface area contributed by atoms with Crippen molar-refractivity contribution in [1.29, 1.82) is 0 Å². The monoisotopic (exact) mass is 218 g/mol. The maximum absolute atomic E-state index is 11.7. The van der Waals surface area contributed by atoms with Crippen LogP contribution >= 0.6 is 0 Å². The molecule has 0 saturated heterocycles. The number of hydrogen-bond donors (Lipinski definition) is 0. The van der Waals surface area contributed by atoms with Gasteiger partial charge < -0.3 is 9.15 Å². The predicted octanol–water partition coefficient (Wildman–Crippen LogP) is 1.50. The van der Waals surface area contributed by atoms with Crippen LogP contribution < -0.4 is 4.74 Å². The molecule has 0 radical (unpaired) electrons. The Balaban J connectivity index is 2.06. The first-order valence-corrected chi connectivity index (χ1v) is 4.71. The molecule has 0 amide bonds. The molecule has 2 heterocycles. The van der Waals surface area contributed by atoms with Crippen LogP contribution in [0.2, 0.25) is 0 Å². The van der Waals surface area contributed by atoms with Crippen LogP contribution in [-0.4, -0.2) is 23.1 Å². The van der Waals surface area contributed by atoms with Crippen LogP contribution in [-0.2, 0) is 6.42 Å². The predicted molar refractivity (Wildman–Crippen MR) is 55.3 cm³/mol. The fourth-order valence-corrected chi connectivity index (χ4v) is 1.24. The zero-order valence-electron chi connectivity index (χ0n) is 8.71. The van der Waals surface area contributed by atoms with E-state index in [2.05, 4.69) is 10.2 Å². The molecule has 5 heteroatoms. The molecule has 0 N–H and O–H groups in total. The number of ether oxygens (including phenoxy) is 1. The van der Waals surface area contributed by atoms with Gasteiger partial charge in [0.1, 0.15) is 6.26 Å². The second-order valence-electron chi connectivity index (χ2n) is 3.18. The number of nitrogens with zero attached hydrogens (tertiary/aromatic N) is 2. The zero-order valence-corrected chi connectivity index (χ0v) is 8.71. The normalized spacial score (nSPS) is 10.1. The van der Waals surface area contributed by atoms with Crippen molar-refractivity contribution in [2.24, 2.45) is 0 Å². The highest BCUT2D eigenvalue weighted by atomic mass is 16.5. The first-order chi connectivity index (χ1) is 7.79. The van der Waals surface area contributed by atoms with E-state index in [4.69, 9.17) is 9.15 Å². The van der Waals surface area contributed by atoms with Gasteiger partial charge in [-0.25, -0.2) is 0 Å². The summed E-state index contributed by atoms with van der Waals surface area (Å²) >= 11 is 0. The smallest absolute Gasteiger partial charge is 0.233 e. The van der Waals surface area contributed by atoms with Crippen LogP contribution in [0.3, 0.4) is 0 Å². The lowest BCUT2D eigenvalue weighted by molar-refractivity contribution is 0.0991. The Hall–Kier alpha value is -2.17. The minimum absolute atomic E-state index is 0.0479. The minimum atomic E-state index is -0.0479. The fourth-order valence-electron chi connectivity index (χ4n) is 1.24. The lowest BCUT2D eigenvalue weighted by Gasteiger charge is -1.99. The van der Waals surface area contributed by atoms with Gasteiger partial charge in [-0.3, -0.25) is 4.79 Å². The maximum atomic E-state index is 11.7. The van der Waals surface area contributed by atoms with Gasteiger partial charge in [-0.05, 0) is 12.1 Å². The van der Waals surface area contributed by atoms with E-state index in [0.29, 0.717) is 17.1 Å². The molecule has 0 aliphatic heterocycles. The number of aromatic nitrogens is 2. The highest BCUT2D eigenvalue weighted by molar-refractivity contribution is 5.96. The summed E-state index contributed by atoms with van der Waals surface area (Å²) in [4.78, 5) is 11.7. The quantitative estimate of drug-likeness (QED) is 0.727. The van der Waals surface area contributed by atoms with Crippen molar-refractivity contribution in [1.82, 2.24) is 10.2 Å². The number of hydrogen-bond acceptors (Lipinski definition) is 5. The molecule has 2 aromatic rings. The molecule has 2 rings (SSSR count). The summed E-state index contributed by atoms with van der Waals surface area (Å²) in [6.45, 7) is 0. The molecular weight excluding hydrogens is 208 g/mol. The standard InChI is InChI=1S/C11H10N2O3/c1-15-11-3-2-9(12-13-11)6-10(14)8-4-5-16-7-8/h2-5,7H,6H2,1H3. The van der Waals surface area contributed by atoms with E-state index < -0.39 is 0 Å². The van der Waals surface area contributed by atoms with Gasteiger partial charge in [0.05, 0.1) is 31.1 Å². The molecule has 2 aromatic heterocycles. The highest BCUT2D eigenvalue weighted by Crippen LogP contribution is 2.08. The molecule has 0 spiro atoms. The number of furan rings is 1. The second-order valence-corrected chi connectivity index (χ2v) is 3.18. The van der Waals surface area contributed by atoms with Gasteiger partial charge in [-0.15, -0.1) is 5.10 Å². The molecule has 0 saturated carbocycles. The van der Waals surface area contributed by atoms with Crippen LogP contribution in [0.1, 0.15) is 16.1 Å². The first-order valence-electron chi connectivity index (χ1n) is 4.71. The van der Waals surface area contributed by atoms with Crippen LogP contribution in [0.4, 0.5) is 0 Å². The second kappa shape index (κ2) is 4.57. The van der Waals surface area contributed by atoms with E-state index in [1.807, 2.05) is 0 Å². The van der Waals surface area contributed by atoms with Gasteiger partial charge in [0.25, 0.3) is 0 Å². The molecule has 0 fully saturated rings. The summed E-state index contributed by atoms with van der Waals surface area (Å²) in [5.41, 5.74) is 1.14. The Morgan fingerprint density at radius 2 is 2.25 bits per heavy atom. The van der Waals surface area contributed by atoms with Crippen molar-refractivity contribution in [3.63, 3.8) is 0 Å². The SMILES string of the molecule is COc1ccc(CC(=O)c2ccoc2)nn1. The first kappa shape index (κ1) is 10.4. The third-order valence-corrected chi connectivity index (χ3v) is 2.09. The third-order valence-electron chi connectivity index (χ3n) is 2.09. The van der Waals surface area contributed by atoms with Gasteiger partial charge in [-0.1, -0.05) is 0 Å². The molecule has 16 heavy (non-hydrogen) atoms. The summed E-state index contributed by atoms with van der Waals surface area (Å²) in [5, 5.41) is 7.66. The Morgan fingerprint density at radius 3 is 2.81 bits per heavy atom. The lowest BCUT2D eigenvalue weighted by atomic mass is 10.1. The van der Waals surface area contributed by atoms with Crippen molar-refractivity contribution in [3.8, 4) is 5.88 Å². The summed E-state index contributed by atoms with van der Waals surface area (Å²) in [7, 11) is 1.51. The van der Waals surface area contributed by atoms with Crippen molar-refractivity contribution in [2.75, 3.05) is 7.11 Å². The van der Waals surface area contributed by atoms with Crippen LogP contribution in [0.5, 0.6) is 5.88 Å². The van der Waals surface area contributed by atoms with Gasteiger partial charge in [-0.2, -0.15) is 5.10 Å². The van der Waals surface area contributed by atoms with E-state index in [0.717, 1.165) is 0 Å². The Kier molecular flexibility index (Phi) is 2.95. The molecule has 0 unspecified atom stereocenters. The van der Waals surface area contributed by atoms with Crippen molar-refractivity contribution in [2.45, 2.75) is 6.42 Å². The number of Topliss-reactive ketones (excluding diaryl/α,β-unsaturated/α-hetero) is 1. The average Bonchev–Trinajstić information content (AvgIpc) is 2.83. The van der Waals surface area contributed by atoms with Gasteiger partial charge in [0.15, 0.2) is 5.78 Å². The van der Waals surface area contributed by atoms with E-state index in [1.54, 1.807) is 18.2 Å². The van der Waals surface area contributed by atoms with E-state index in [9.17, 15) is 4.79 Å². The minimum Gasteiger partial charge on any atom is -0.480 e. The Bertz CT molecular complexity index is 462. The number of ketones is 1. The van der Waals surface area contributed by atoms with E-state index >= 15 is 0 Å². The molecular formula is C11H10N2O3. The van der Waals surface area contributed by atoms with Crippen molar-refractivity contribution < 1.29 is 13.9 Å². The molecule has 0 bridgehead atoms. The number of carbonyl (C=O) groups excluding carboxylic acids is 1. The third kappa shape index (κ3) is 2.25. The van der Waals surface area contributed by atoms with Crippen molar-refractivity contribution >= 4 is 5.78 Å². The van der Waals surface area contributed by atoms with Crippen LogP contribution in [0.15, 0.2) is 35.1 Å². The largest absolute Gasteiger partial charge is 0.480 e. The number of methoxy groups -OCH3 is 1. The fraction of sp³-hybridized carbons (Fsp3) is 0.182. The lowest BCUT2D eigenvalue weighted by Crippen LogP contribution is -2.05. The van der Waals surface area contributed by atoms with E-state index in [1.165, 1.54) is 19.6 Å². The van der Waals surface area contributed by atoms with Crippen LogP contribution in [0.25, 0.3) is 0 Å². The molecule has 0 atom stereocenters. The van der Waals surface area contributed by atoms with Gasteiger partial charge in [0, 0.05) is 6.07 Å². The summed E-state index contributed by atoms with van der Waals surface area (Å²) in [6.07, 6.45) is 3.09. The molecule has 0 aliphatic carbocycles. The number of carbonyl (C=O) groups is 1. The van der Waals surface area contributed by atoms with Crippen molar-refractivity contribution in [3.05, 3.63) is 42.0 Å². The molecule has 82 valence electrons. The summed E-state index contributed by atoms with van der Waals surface area (Å²) in [5.74, 6) is 0.382. The van der Waals surface area contributed by atoms with Gasteiger partial charge >= 0.3 is 0 Å². The summed E-state index contributed by atoms with van der Waals surface area (Å²) in [6, 6.07) is 5.01. The van der Waals surface area contributed by atoms with Gasteiger partial charge in [0.2, 0.25) is 5.88 Å². The zero-order chi connectivity index (χ0) is 11.4. The Labute approximate surface area is 92.1 Å². The summed E-state index contributed by atoms with van der Waals surface area (Å²) < 4.78 is 9.71. The Morgan fingerprint density at radius 1 is 1.38 bits per heavy atom. The van der Waals surface area contributed by atoms with Crippen LogP contribution in [0, 0.1) is 0 Å².